The van der Waals surface area contributed by atoms with Crippen LogP contribution in [-0.2, 0) is 17.9 Å². The zero-order valence-electron chi connectivity index (χ0n) is 19.6. The minimum absolute atomic E-state index is 0.00418. The first kappa shape index (κ1) is 26.6. The molecule has 0 atom stereocenters. The summed E-state index contributed by atoms with van der Waals surface area (Å²) in [5.41, 5.74) is 1.88. The van der Waals surface area contributed by atoms with Gasteiger partial charge in [0.2, 0.25) is 5.91 Å². The van der Waals surface area contributed by atoms with Gasteiger partial charge in [-0.15, -0.1) is 10.2 Å². The summed E-state index contributed by atoms with van der Waals surface area (Å²) in [6.07, 6.45) is 0. The van der Waals surface area contributed by atoms with Gasteiger partial charge in [0.1, 0.15) is 17.4 Å². The number of halogens is 2. The number of rotatable bonds is 10. The largest absolute Gasteiger partial charge is 0.488 e. The molecule has 37 heavy (non-hydrogen) atoms. The average molecular weight is 603 g/mol. The van der Waals surface area contributed by atoms with Crippen molar-refractivity contribution in [2.24, 2.45) is 0 Å². The first-order chi connectivity index (χ1) is 17.9. The monoisotopic (exact) mass is 601 g/mol. The second kappa shape index (κ2) is 12.2. The van der Waals surface area contributed by atoms with Crippen LogP contribution in [0.4, 0.5) is 11.4 Å². The van der Waals surface area contributed by atoms with Gasteiger partial charge in [-0.2, -0.15) is 0 Å². The Balaban J connectivity index is 1.42. The molecule has 9 nitrogen and oxygen atoms in total. The molecule has 1 aromatic heterocycles. The van der Waals surface area contributed by atoms with Crippen molar-refractivity contribution >= 4 is 56.6 Å². The maximum absolute atomic E-state index is 12.5. The van der Waals surface area contributed by atoms with Gasteiger partial charge in [0, 0.05) is 23.9 Å². The number of carbonyl (C=O) groups excluding carboxylic acids is 1. The number of carbonyl (C=O) groups is 1. The fraction of sp³-hybridized carbons (Fsp3) is 0.160. The van der Waals surface area contributed by atoms with Crippen molar-refractivity contribution in [2.45, 2.75) is 25.2 Å². The summed E-state index contributed by atoms with van der Waals surface area (Å²) in [5, 5.41) is 23.0. The average Bonchev–Trinajstić information content (AvgIpc) is 3.31. The molecule has 0 radical (unpaired) electrons. The number of para-hydroxylation sites is 1. The molecule has 1 heterocycles. The van der Waals surface area contributed by atoms with Crippen LogP contribution in [0.3, 0.4) is 0 Å². The minimum atomic E-state index is -0.597. The molecule has 1 amide bonds. The smallest absolute Gasteiger partial charge is 0.289 e. The summed E-state index contributed by atoms with van der Waals surface area (Å²) in [6, 6.07) is 19.7. The number of hydrogen-bond acceptors (Lipinski definition) is 7. The Hall–Kier alpha value is -3.41. The molecule has 3 aromatic carbocycles. The molecule has 0 spiro atoms. The summed E-state index contributed by atoms with van der Waals surface area (Å²) < 4.78 is 8.75. The molecule has 0 aliphatic rings. The Morgan fingerprint density at radius 1 is 1.16 bits per heavy atom. The van der Waals surface area contributed by atoms with Crippen molar-refractivity contribution in [1.82, 2.24) is 14.8 Å². The van der Waals surface area contributed by atoms with E-state index in [4.69, 9.17) is 16.3 Å². The highest BCUT2D eigenvalue weighted by molar-refractivity contribution is 9.10. The van der Waals surface area contributed by atoms with E-state index in [-0.39, 0.29) is 22.4 Å². The summed E-state index contributed by atoms with van der Waals surface area (Å²) in [5.74, 6) is 1.16. The van der Waals surface area contributed by atoms with Crippen LogP contribution in [0, 0.1) is 10.1 Å². The molecule has 0 saturated carbocycles. The van der Waals surface area contributed by atoms with Gasteiger partial charge in [-0.25, -0.2) is 0 Å². The molecule has 0 aliphatic carbocycles. The van der Waals surface area contributed by atoms with E-state index in [1.165, 1.54) is 30.0 Å². The lowest BCUT2D eigenvalue weighted by atomic mass is 10.1. The molecule has 12 heteroatoms. The van der Waals surface area contributed by atoms with Crippen molar-refractivity contribution in [2.75, 3.05) is 11.1 Å². The highest BCUT2D eigenvalue weighted by Gasteiger charge is 2.17. The molecule has 4 rings (SSSR count). The number of nitro benzene ring substituents is 1. The van der Waals surface area contributed by atoms with Crippen LogP contribution in [0.25, 0.3) is 11.4 Å². The van der Waals surface area contributed by atoms with E-state index in [9.17, 15) is 14.9 Å². The first-order valence-electron chi connectivity index (χ1n) is 11.1. The van der Waals surface area contributed by atoms with E-state index in [1.54, 1.807) is 0 Å². The third-order valence-corrected chi connectivity index (χ3v) is 7.15. The zero-order chi connectivity index (χ0) is 26.4. The van der Waals surface area contributed by atoms with Gasteiger partial charge >= 0.3 is 0 Å². The van der Waals surface area contributed by atoms with Gasteiger partial charge in [-0.3, -0.25) is 14.9 Å². The number of aromatic nitrogens is 3. The van der Waals surface area contributed by atoms with Crippen LogP contribution < -0.4 is 10.1 Å². The lowest BCUT2D eigenvalue weighted by Gasteiger charge is -2.10. The molecule has 0 fully saturated rings. The molecule has 190 valence electrons. The number of hydrogen-bond donors (Lipinski definition) is 1. The van der Waals surface area contributed by atoms with Crippen molar-refractivity contribution < 1.29 is 14.5 Å². The van der Waals surface area contributed by atoms with Gasteiger partial charge in [-0.1, -0.05) is 53.7 Å². The molecule has 0 aliphatic heterocycles. The topological polar surface area (TPSA) is 112 Å². The van der Waals surface area contributed by atoms with Crippen molar-refractivity contribution in [1.29, 1.82) is 0 Å². The first-order valence-corrected chi connectivity index (χ1v) is 13.3. The highest BCUT2D eigenvalue weighted by atomic mass is 79.9. The third kappa shape index (κ3) is 6.68. The molecule has 0 bridgehead atoms. The number of nitro groups is 1. The summed E-state index contributed by atoms with van der Waals surface area (Å²) in [4.78, 5) is 23.0. The second-order valence-electron chi connectivity index (χ2n) is 7.73. The van der Waals surface area contributed by atoms with Gasteiger partial charge in [0.25, 0.3) is 5.69 Å². The Morgan fingerprint density at radius 3 is 2.73 bits per heavy atom. The Labute approximate surface area is 230 Å². The Morgan fingerprint density at radius 2 is 1.97 bits per heavy atom. The second-order valence-corrected chi connectivity index (χ2v) is 9.93. The van der Waals surface area contributed by atoms with Gasteiger partial charge in [0.05, 0.1) is 15.1 Å². The van der Waals surface area contributed by atoms with Crippen molar-refractivity contribution in [3.63, 3.8) is 0 Å². The van der Waals surface area contributed by atoms with E-state index in [2.05, 4.69) is 31.4 Å². The molecule has 0 saturated heterocycles. The lowest BCUT2D eigenvalue weighted by molar-refractivity contribution is -0.384. The van der Waals surface area contributed by atoms with Crippen LogP contribution in [0.2, 0.25) is 5.02 Å². The van der Waals surface area contributed by atoms with Crippen molar-refractivity contribution in [3.8, 4) is 17.1 Å². The summed E-state index contributed by atoms with van der Waals surface area (Å²) in [6.45, 7) is 2.97. The number of nitrogens with zero attached hydrogens (tertiary/aromatic N) is 4. The maximum atomic E-state index is 12.5. The van der Waals surface area contributed by atoms with Crippen LogP contribution >= 0.6 is 39.3 Å². The van der Waals surface area contributed by atoms with E-state index < -0.39 is 4.92 Å². The molecule has 0 unspecified atom stereocenters. The fourth-order valence-electron chi connectivity index (χ4n) is 3.47. The van der Waals surface area contributed by atoms with E-state index in [0.29, 0.717) is 29.8 Å². The van der Waals surface area contributed by atoms with E-state index in [1.807, 2.05) is 60.0 Å². The number of amides is 1. The minimum Gasteiger partial charge on any atom is -0.488 e. The van der Waals surface area contributed by atoms with E-state index >= 15 is 0 Å². The Bertz CT molecular complexity index is 1450. The van der Waals surface area contributed by atoms with E-state index in [0.717, 1.165) is 21.3 Å². The fourth-order valence-corrected chi connectivity index (χ4v) is 4.86. The molecular formula is C25H21BrClN5O4S. The predicted octanol–water partition coefficient (Wildman–Crippen LogP) is 6.60. The predicted molar refractivity (Wildman–Crippen MR) is 147 cm³/mol. The van der Waals surface area contributed by atoms with Crippen LogP contribution in [-0.4, -0.2) is 31.3 Å². The summed E-state index contributed by atoms with van der Waals surface area (Å²) in [7, 11) is 0. The number of anilines is 1. The lowest BCUT2D eigenvalue weighted by Crippen LogP contribution is -2.14. The Kier molecular flexibility index (Phi) is 8.80. The van der Waals surface area contributed by atoms with Crippen molar-refractivity contribution in [3.05, 3.63) is 91.9 Å². The normalized spacial score (nSPS) is 10.8. The summed E-state index contributed by atoms with van der Waals surface area (Å²) >= 11 is 10.5. The number of benzene rings is 3. The standard InChI is InChI=1S/C25H21BrClN5O4S/c1-2-31-24(17-7-5-6-16(12-17)14-36-22-9-4-3-8-19(22)26)29-30-25(31)37-15-23(33)28-18-10-11-20(27)21(13-18)32(34)35/h3-13H,2,14-15H2,1H3,(H,28,33). The number of nitrogens with one attached hydrogen (secondary N) is 1. The zero-order valence-corrected chi connectivity index (χ0v) is 22.7. The van der Waals surface area contributed by atoms with Gasteiger partial charge < -0.3 is 14.6 Å². The van der Waals surface area contributed by atoms with Crippen LogP contribution in [0.5, 0.6) is 5.75 Å². The third-order valence-electron chi connectivity index (χ3n) is 5.21. The van der Waals surface area contributed by atoms with Crippen LogP contribution in [0.1, 0.15) is 12.5 Å². The molecular weight excluding hydrogens is 582 g/mol. The number of thioether (sulfide) groups is 1. The SMILES string of the molecule is CCn1c(SCC(=O)Nc2ccc(Cl)c([N+](=O)[O-])c2)nnc1-c1cccc(COc2ccccc2Br)c1. The quantitative estimate of drug-likeness (QED) is 0.124. The van der Waals surface area contributed by atoms with Gasteiger partial charge in [0.15, 0.2) is 11.0 Å². The highest BCUT2D eigenvalue weighted by Crippen LogP contribution is 2.29. The van der Waals surface area contributed by atoms with Gasteiger partial charge in [-0.05, 0) is 58.7 Å². The molecule has 4 aromatic rings. The maximum Gasteiger partial charge on any atom is 0.289 e. The number of ether oxygens (including phenoxy) is 1. The van der Waals surface area contributed by atoms with Crippen LogP contribution in [0.15, 0.2) is 76.4 Å². The molecule has 1 N–H and O–H groups in total.